The Bertz CT molecular complexity index is 504. The van der Waals surface area contributed by atoms with Crippen molar-refractivity contribution in [2.45, 2.75) is 39.5 Å². The van der Waals surface area contributed by atoms with Gasteiger partial charge < -0.3 is 0 Å². The van der Waals surface area contributed by atoms with Gasteiger partial charge in [-0.15, -0.1) is 0 Å². The van der Waals surface area contributed by atoms with Crippen molar-refractivity contribution in [2.75, 3.05) is 17.6 Å². The minimum Gasteiger partial charge on any atom is -0.215 e. The fourth-order valence-electron chi connectivity index (χ4n) is 2.27. The number of benzene rings is 1. The molecular formula is C16H26BrNO2S. The van der Waals surface area contributed by atoms with Crippen LogP contribution < -0.4 is 4.72 Å². The van der Waals surface area contributed by atoms with Gasteiger partial charge in [0.25, 0.3) is 0 Å². The average molecular weight is 376 g/mol. The van der Waals surface area contributed by atoms with Gasteiger partial charge in [0.1, 0.15) is 0 Å². The molecule has 1 aromatic carbocycles. The Hall–Kier alpha value is -0.390. The molecule has 0 spiro atoms. The first-order valence-electron chi connectivity index (χ1n) is 7.46. The number of alkyl halides is 1. The minimum absolute atomic E-state index is 0.00303. The van der Waals surface area contributed by atoms with E-state index in [1.165, 1.54) is 0 Å². The van der Waals surface area contributed by atoms with Gasteiger partial charge in [0.2, 0.25) is 10.0 Å². The summed E-state index contributed by atoms with van der Waals surface area (Å²) in [6.07, 6.45) is 1.90. The quantitative estimate of drug-likeness (QED) is 0.665. The second-order valence-electron chi connectivity index (χ2n) is 5.75. The van der Waals surface area contributed by atoms with Crippen molar-refractivity contribution < 1.29 is 8.42 Å². The molecule has 0 radical (unpaired) electrons. The van der Waals surface area contributed by atoms with Crippen LogP contribution in [0.5, 0.6) is 0 Å². The fourth-order valence-corrected chi connectivity index (χ4v) is 4.75. The van der Waals surface area contributed by atoms with Crippen molar-refractivity contribution in [1.82, 2.24) is 4.72 Å². The van der Waals surface area contributed by atoms with Crippen LogP contribution in [0.1, 0.15) is 45.1 Å². The second kappa shape index (κ2) is 8.30. The molecule has 0 aromatic heterocycles. The van der Waals surface area contributed by atoms with Gasteiger partial charge in [-0.1, -0.05) is 67.0 Å². The minimum atomic E-state index is -3.26. The maximum absolute atomic E-state index is 12.3. The zero-order valence-electron chi connectivity index (χ0n) is 13.1. The Labute approximate surface area is 137 Å². The van der Waals surface area contributed by atoms with Gasteiger partial charge in [-0.25, -0.2) is 13.1 Å². The zero-order chi connectivity index (χ0) is 15.9. The molecule has 0 fully saturated rings. The molecule has 0 aliphatic carbocycles. The van der Waals surface area contributed by atoms with Crippen LogP contribution >= 0.6 is 15.9 Å². The lowest BCUT2D eigenvalue weighted by Gasteiger charge is -2.29. The first-order valence-corrected chi connectivity index (χ1v) is 10.2. The van der Waals surface area contributed by atoms with Gasteiger partial charge in [0.15, 0.2) is 0 Å². The topological polar surface area (TPSA) is 46.2 Å². The molecule has 1 unspecified atom stereocenters. The van der Waals surface area contributed by atoms with Crippen LogP contribution in [0.3, 0.4) is 0 Å². The van der Waals surface area contributed by atoms with E-state index in [4.69, 9.17) is 0 Å². The molecule has 3 nitrogen and oxygen atoms in total. The molecule has 0 amide bonds. The molecule has 120 valence electrons. The lowest BCUT2D eigenvalue weighted by Crippen LogP contribution is -2.39. The molecule has 0 heterocycles. The largest absolute Gasteiger partial charge is 0.215 e. The van der Waals surface area contributed by atoms with Gasteiger partial charge in [-0.05, 0) is 29.7 Å². The van der Waals surface area contributed by atoms with Crippen LogP contribution in [0.15, 0.2) is 30.3 Å². The molecule has 1 atom stereocenters. The van der Waals surface area contributed by atoms with Crippen molar-refractivity contribution in [1.29, 1.82) is 0 Å². The number of hydrogen-bond donors (Lipinski definition) is 1. The van der Waals surface area contributed by atoms with E-state index in [0.717, 1.165) is 23.7 Å². The first kappa shape index (κ1) is 18.7. The van der Waals surface area contributed by atoms with Crippen molar-refractivity contribution in [2.24, 2.45) is 5.41 Å². The third kappa shape index (κ3) is 5.72. The van der Waals surface area contributed by atoms with Crippen LogP contribution in [0, 0.1) is 5.41 Å². The second-order valence-corrected chi connectivity index (χ2v) is 8.17. The molecular weight excluding hydrogens is 350 g/mol. The smallest absolute Gasteiger partial charge is 0.212 e. The highest BCUT2D eigenvalue weighted by molar-refractivity contribution is 9.09. The van der Waals surface area contributed by atoms with Gasteiger partial charge in [0, 0.05) is 11.9 Å². The van der Waals surface area contributed by atoms with Crippen LogP contribution in [-0.4, -0.2) is 26.0 Å². The Kier molecular flexibility index (Phi) is 7.37. The van der Waals surface area contributed by atoms with Gasteiger partial charge in [-0.2, -0.15) is 0 Å². The summed E-state index contributed by atoms with van der Waals surface area (Å²) >= 11 is 3.51. The maximum Gasteiger partial charge on any atom is 0.212 e. The summed E-state index contributed by atoms with van der Waals surface area (Å²) in [7, 11) is -3.26. The lowest BCUT2D eigenvalue weighted by molar-refractivity contribution is 0.309. The van der Waals surface area contributed by atoms with Crippen molar-refractivity contribution in [3.8, 4) is 0 Å². The lowest BCUT2D eigenvalue weighted by atomic mass is 9.85. The molecule has 21 heavy (non-hydrogen) atoms. The van der Waals surface area contributed by atoms with E-state index in [9.17, 15) is 8.42 Å². The molecule has 0 bridgehead atoms. The third-order valence-corrected chi connectivity index (χ3v) is 7.00. The van der Waals surface area contributed by atoms with Crippen molar-refractivity contribution in [3.05, 3.63) is 35.9 Å². The van der Waals surface area contributed by atoms with E-state index in [-0.39, 0.29) is 17.1 Å². The van der Waals surface area contributed by atoms with Crippen molar-refractivity contribution >= 4 is 26.0 Å². The standard InChI is InChI=1S/C16H26BrNO2S/c1-4-16(5-2,12-17)13-18-21(19,20)11-14(3)15-9-7-6-8-10-15/h6-10,14,18H,4-5,11-13H2,1-3H3. The highest BCUT2D eigenvalue weighted by Gasteiger charge is 2.27. The summed E-state index contributed by atoms with van der Waals surface area (Å²) in [5.41, 5.74) is 1.06. The number of rotatable bonds is 9. The number of halogens is 1. The molecule has 0 saturated heterocycles. The van der Waals surface area contributed by atoms with E-state index < -0.39 is 10.0 Å². The maximum atomic E-state index is 12.3. The van der Waals surface area contributed by atoms with E-state index in [0.29, 0.717) is 6.54 Å². The van der Waals surface area contributed by atoms with Gasteiger partial charge >= 0.3 is 0 Å². The van der Waals surface area contributed by atoms with Gasteiger partial charge in [0.05, 0.1) is 5.75 Å². The predicted molar refractivity (Wildman–Crippen MR) is 93.5 cm³/mol. The van der Waals surface area contributed by atoms with Gasteiger partial charge in [-0.3, -0.25) is 0 Å². The SMILES string of the molecule is CCC(CC)(CBr)CNS(=O)(=O)CC(C)c1ccccc1. The summed E-state index contributed by atoms with van der Waals surface area (Å²) in [6, 6.07) is 9.77. The molecule has 1 aromatic rings. The summed E-state index contributed by atoms with van der Waals surface area (Å²) in [4.78, 5) is 0. The van der Waals surface area contributed by atoms with Crippen molar-refractivity contribution in [3.63, 3.8) is 0 Å². The molecule has 0 saturated carbocycles. The molecule has 5 heteroatoms. The molecule has 1 N–H and O–H groups in total. The van der Waals surface area contributed by atoms with Crippen LogP contribution in [0.25, 0.3) is 0 Å². The number of hydrogen-bond acceptors (Lipinski definition) is 2. The number of nitrogens with one attached hydrogen (secondary N) is 1. The molecule has 0 aliphatic rings. The summed E-state index contributed by atoms with van der Waals surface area (Å²) in [5, 5.41) is 0.809. The zero-order valence-corrected chi connectivity index (χ0v) is 15.5. The summed E-state index contributed by atoms with van der Waals surface area (Å²) in [5.74, 6) is 0.119. The summed E-state index contributed by atoms with van der Waals surface area (Å²) in [6.45, 7) is 6.65. The van der Waals surface area contributed by atoms with Crippen LogP contribution in [0.2, 0.25) is 0 Å². The van der Waals surface area contributed by atoms with Crippen LogP contribution in [-0.2, 0) is 10.0 Å². The summed E-state index contributed by atoms with van der Waals surface area (Å²) < 4.78 is 27.4. The third-order valence-electron chi connectivity index (χ3n) is 4.29. The Morgan fingerprint density at radius 2 is 1.76 bits per heavy atom. The van der Waals surface area contributed by atoms with Crippen LogP contribution in [0.4, 0.5) is 0 Å². The predicted octanol–water partition coefficient (Wildman–Crippen LogP) is 3.91. The average Bonchev–Trinajstić information content (AvgIpc) is 2.50. The Morgan fingerprint density at radius 3 is 2.24 bits per heavy atom. The first-order chi connectivity index (χ1) is 9.88. The van der Waals surface area contributed by atoms with E-state index in [1.54, 1.807) is 0 Å². The highest BCUT2D eigenvalue weighted by Crippen LogP contribution is 2.28. The molecule has 1 rings (SSSR count). The van der Waals surface area contributed by atoms with E-state index in [2.05, 4.69) is 34.5 Å². The van der Waals surface area contributed by atoms with E-state index in [1.807, 2.05) is 37.3 Å². The normalized spacial score (nSPS) is 14.1. The van der Waals surface area contributed by atoms with E-state index >= 15 is 0 Å². The fraction of sp³-hybridized carbons (Fsp3) is 0.625. The highest BCUT2D eigenvalue weighted by atomic mass is 79.9. The monoisotopic (exact) mass is 375 g/mol. The Balaban J connectivity index is 2.66. The molecule has 0 aliphatic heterocycles. The Morgan fingerprint density at radius 1 is 1.19 bits per heavy atom. The number of sulfonamides is 1.